The zero-order valence-corrected chi connectivity index (χ0v) is 32.4. The van der Waals surface area contributed by atoms with Crippen molar-refractivity contribution >= 4 is 0 Å². The van der Waals surface area contributed by atoms with E-state index in [9.17, 15) is 0 Å². The molecule has 0 aromatic rings. The molecule has 272 valence electrons. The number of rotatable bonds is 34. The lowest BCUT2D eigenvalue weighted by molar-refractivity contribution is 0.0989. The molecular weight excluding hydrogens is 556 g/mol. The first-order valence-electron chi connectivity index (χ1n) is 21.4. The average molecular weight is 643 g/mol. The lowest BCUT2D eigenvalue weighted by Gasteiger charge is -2.38. The van der Waals surface area contributed by atoms with Crippen LogP contribution in [0.2, 0.25) is 0 Å². The molecule has 1 aliphatic rings. The summed E-state index contributed by atoms with van der Waals surface area (Å²) >= 11 is 0. The predicted molar refractivity (Wildman–Crippen MR) is 210 cm³/mol. The van der Waals surface area contributed by atoms with E-state index >= 15 is 0 Å². The fourth-order valence-corrected chi connectivity index (χ4v) is 7.34. The highest BCUT2D eigenvalue weighted by Crippen LogP contribution is 2.21. The van der Waals surface area contributed by atoms with E-state index in [4.69, 9.17) is 0 Å². The lowest BCUT2D eigenvalue weighted by Crippen LogP contribution is -2.49. The van der Waals surface area contributed by atoms with Crippen LogP contribution >= 0.6 is 0 Å². The highest BCUT2D eigenvalue weighted by atomic mass is 15.3. The summed E-state index contributed by atoms with van der Waals surface area (Å²) in [7, 11) is 2.30. The maximum Gasteiger partial charge on any atom is 0.0113 e. The molecule has 1 rings (SSSR count). The van der Waals surface area contributed by atoms with Crippen molar-refractivity contribution in [3.05, 3.63) is 24.3 Å². The van der Waals surface area contributed by atoms with Gasteiger partial charge in [-0.05, 0) is 70.8 Å². The van der Waals surface area contributed by atoms with Crippen LogP contribution in [0.3, 0.4) is 0 Å². The number of likely N-dealkylation sites (N-methyl/N-ethyl adjacent to an activating group) is 1. The van der Waals surface area contributed by atoms with Gasteiger partial charge >= 0.3 is 0 Å². The molecule has 1 fully saturated rings. The molecule has 0 aromatic heterocycles. The SMILES string of the molecule is CCCCCCCC/C=C\CCCCCCCCC(CCCCCCCCC(C)/C=C\CCCCCCCC)N1CCN(C)CC1. The van der Waals surface area contributed by atoms with Gasteiger partial charge in [-0.25, -0.2) is 0 Å². The number of nitrogens with zero attached hydrogens (tertiary/aromatic N) is 2. The molecule has 0 bridgehead atoms. The van der Waals surface area contributed by atoms with E-state index in [-0.39, 0.29) is 0 Å². The van der Waals surface area contributed by atoms with Crippen molar-refractivity contribution < 1.29 is 0 Å². The second-order valence-electron chi connectivity index (χ2n) is 15.4. The normalized spacial score (nSPS) is 16.3. The largest absolute Gasteiger partial charge is 0.304 e. The average Bonchev–Trinajstić information content (AvgIpc) is 3.06. The van der Waals surface area contributed by atoms with E-state index in [1.807, 2.05) is 0 Å². The van der Waals surface area contributed by atoms with Gasteiger partial charge in [-0.2, -0.15) is 0 Å². The van der Waals surface area contributed by atoms with Crippen molar-refractivity contribution in [2.75, 3.05) is 33.2 Å². The van der Waals surface area contributed by atoms with E-state index in [0.717, 1.165) is 12.0 Å². The first-order chi connectivity index (χ1) is 22.7. The van der Waals surface area contributed by atoms with Crippen molar-refractivity contribution in [3.63, 3.8) is 0 Å². The second kappa shape index (κ2) is 34.3. The maximum absolute atomic E-state index is 2.86. The summed E-state index contributed by atoms with van der Waals surface area (Å²) in [4.78, 5) is 5.38. The van der Waals surface area contributed by atoms with E-state index in [0.29, 0.717) is 0 Å². The van der Waals surface area contributed by atoms with Crippen molar-refractivity contribution in [1.29, 1.82) is 0 Å². The summed E-state index contributed by atoms with van der Waals surface area (Å²) < 4.78 is 0. The quantitative estimate of drug-likeness (QED) is 0.0509. The fourth-order valence-electron chi connectivity index (χ4n) is 7.34. The molecule has 0 radical (unpaired) electrons. The fraction of sp³-hybridized carbons (Fsp3) is 0.909. The maximum atomic E-state index is 2.86. The van der Waals surface area contributed by atoms with Crippen LogP contribution in [0.5, 0.6) is 0 Å². The summed E-state index contributed by atoms with van der Waals surface area (Å²) in [6, 6.07) is 0.842. The van der Waals surface area contributed by atoms with Crippen LogP contribution in [0.1, 0.15) is 213 Å². The minimum absolute atomic E-state index is 0.770. The van der Waals surface area contributed by atoms with Crippen LogP contribution < -0.4 is 0 Å². The Morgan fingerprint density at radius 3 is 1.26 bits per heavy atom. The number of hydrogen-bond donors (Lipinski definition) is 0. The Bertz CT molecular complexity index is 646. The molecule has 2 heteroatoms. The van der Waals surface area contributed by atoms with Gasteiger partial charge in [-0.15, -0.1) is 0 Å². The topological polar surface area (TPSA) is 6.48 Å². The highest BCUT2D eigenvalue weighted by molar-refractivity contribution is 4.86. The standard InChI is InChI=1S/C44H86N2/c1-5-7-9-11-13-15-16-17-18-19-20-21-22-24-29-33-37-44(46-41-39-45(4)40-42-46)38-34-30-26-25-28-32-36-43(3)35-31-27-23-14-12-10-8-6-2/h17-18,31,35,43-44H,5-16,19-30,32-34,36-42H2,1-4H3/b18-17-,35-31-. The van der Waals surface area contributed by atoms with Crippen molar-refractivity contribution in [3.8, 4) is 0 Å². The first-order valence-corrected chi connectivity index (χ1v) is 21.4. The smallest absolute Gasteiger partial charge is 0.0113 e. The number of unbranched alkanes of at least 4 members (excludes halogenated alkanes) is 23. The van der Waals surface area contributed by atoms with Gasteiger partial charge in [0, 0.05) is 32.2 Å². The second-order valence-corrected chi connectivity index (χ2v) is 15.4. The van der Waals surface area contributed by atoms with E-state index < -0.39 is 0 Å². The van der Waals surface area contributed by atoms with Gasteiger partial charge in [0.25, 0.3) is 0 Å². The van der Waals surface area contributed by atoms with E-state index in [1.165, 1.54) is 219 Å². The molecule has 1 heterocycles. The number of hydrogen-bond acceptors (Lipinski definition) is 2. The lowest BCUT2D eigenvalue weighted by atomic mass is 9.97. The van der Waals surface area contributed by atoms with E-state index in [2.05, 4.69) is 61.9 Å². The Morgan fingerprint density at radius 1 is 0.435 bits per heavy atom. The van der Waals surface area contributed by atoms with Crippen LogP contribution in [0.25, 0.3) is 0 Å². The molecule has 0 saturated carbocycles. The highest BCUT2D eigenvalue weighted by Gasteiger charge is 2.21. The molecule has 2 nitrogen and oxygen atoms in total. The third-order valence-electron chi connectivity index (χ3n) is 10.7. The Hall–Kier alpha value is -0.600. The molecule has 1 saturated heterocycles. The van der Waals surface area contributed by atoms with Gasteiger partial charge < -0.3 is 4.90 Å². The Labute approximate surface area is 292 Å². The summed E-state index contributed by atoms with van der Waals surface area (Å²) in [5, 5.41) is 0. The van der Waals surface area contributed by atoms with E-state index in [1.54, 1.807) is 0 Å². The number of piperazine rings is 1. The number of allylic oxidation sites excluding steroid dienone is 4. The Morgan fingerprint density at radius 2 is 0.804 bits per heavy atom. The van der Waals surface area contributed by atoms with Gasteiger partial charge in [0.15, 0.2) is 0 Å². The summed E-state index contributed by atoms with van der Waals surface area (Å²) in [5.41, 5.74) is 0. The molecular formula is C44H86N2. The molecule has 2 unspecified atom stereocenters. The Kier molecular flexibility index (Phi) is 32.3. The Balaban J connectivity index is 2.06. The van der Waals surface area contributed by atoms with Crippen molar-refractivity contribution in [1.82, 2.24) is 9.80 Å². The van der Waals surface area contributed by atoms with Crippen LogP contribution in [-0.2, 0) is 0 Å². The van der Waals surface area contributed by atoms with Crippen LogP contribution in [0.4, 0.5) is 0 Å². The summed E-state index contributed by atoms with van der Waals surface area (Å²) in [6.45, 7) is 12.1. The monoisotopic (exact) mass is 643 g/mol. The van der Waals surface area contributed by atoms with Crippen LogP contribution in [0, 0.1) is 5.92 Å². The minimum atomic E-state index is 0.770. The van der Waals surface area contributed by atoms with Gasteiger partial charge in [0.05, 0.1) is 0 Å². The van der Waals surface area contributed by atoms with Gasteiger partial charge in [-0.1, -0.05) is 180 Å². The zero-order valence-electron chi connectivity index (χ0n) is 32.4. The first kappa shape index (κ1) is 43.4. The van der Waals surface area contributed by atoms with Gasteiger partial charge in [0.1, 0.15) is 0 Å². The van der Waals surface area contributed by atoms with Crippen molar-refractivity contribution in [2.45, 2.75) is 219 Å². The molecule has 2 atom stereocenters. The molecule has 0 N–H and O–H groups in total. The van der Waals surface area contributed by atoms with Crippen LogP contribution in [0.15, 0.2) is 24.3 Å². The molecule has 0 aromatic carbocycles. The summed E-state index contributed by atoms with van der Waals surface area (Å²) in [6.07, 6.45) is 52.2. The van der Waals surface area contributed by atoms with Crippen LogP contribution in [-0.4, -0.2) is 49.1 Å². The summed E-state index contributed by atoms with van der Waals surface area (Å²) in [5.74, 6) is 0.770. The third kappa shape index (κ3) is 28.4. The molecule has 1 aliphatic heterocycles. The predicted octanol–water partition coefficient (Wildman–Crippen LogP) is 14.1. The molecule has 46 heavy (non-hydrogen) atoms. The third-order valence-corrected chi connectivity index (χ3v) is 10.7. The minimum Gasteiger partial charge on any atom is -0.304 e. The molecule has 0 spiro atoms. The van der Waals surface area contributed by atoms with Gasteiger partial charge in [0.2, 0.25) is 0 Å². The molecule has 0 aliphatic carbocycles. The van der Waals surface area contributed by atoms with Gasteiger partial charge in [-0.3, -0.25) is 4.90 Å². The van der Waals surface area contributed by atoms with Crippen molar-refractivity contribution in [2.24, 2.45) is 5.92 Å². The zero-order chi connectivity index (χ0) is 33.2. The molecule has 0 amide bonds.